The first-order valence-corrected chi connectivity index (χ1v) is 4.60. The summed E-state index contributed by atoms with van der Waals surface area (Å²) in [4.78, 5) is 13.9. The fraction of sp³-hybridized carbons (Fsp3) is 0.182. The van der Waals surface area contributed by atoms with Crippen molar-refractivity contribution in [3.8, 4) is 0 Å². The number of epoxide rings is 1. The van der Waals surface area contributed by atoms with E-state index in [2.05, 4.69) is 4.98 Å². The standard InChI is InChI=1S/C11H9NO2/c13-11-10(14-11)5-7-6-12-9-4-2-1-3-8(7)9/h1-4,6,10,12H,5H2. The molecule has 0 bridgehead atoms. The Balaban J connectivity index is 2.00. The van der Waals surface area contributed by atoms with Gasteiger partial charge in [-0.1, -0.05) is 18.2 Å². The first kappa shape index (κ1) is 7.62. The van der Waals surface area contributed by atoms with Crippen LogP contribution in [-0.2, 0) is 16.0 Å². The molecule has 70 valence electrons. The van der Waals surface area contributed by atoms with Gasteiger partial charge in [-0.3, -0.25) is 0 Å². The molecule has 3 heteroatoms. The number of hydrogen-bond acceptors (Lipinski definition) is 2. The molecule has 1 atom stereocenters. The molecule has 0 spiro atoms. The Kier molecular flexibility index (Phi) is 1.42. The third-order valence-electron chi connectivity index (χ3n) is 2.54. The van der Waals surface area contributed by atoms with E-state index >= 15 is 0 Å². The fourth-order valence-corrected chi connectivity index (χ4v) is 1.73. The van der Waals surface area contributed by atoms with Crippen molar-refractivity contribution >= 4 is 16.9 Å². The summed E-state index contributed by atoms with van der Waals surface area (Å²) in [7, 11) is 0. The summed E-state index contributed by atoms with van der Waals surface area (Å²) in [6.45, 7) is 0. The Bertz CT molecular complexity index is 501. The summed E-state index contributed by atoms with van der Waals surface area (Å²) in [6.07, 6.45) is 2.43. The second kappa shape index (κ2) is 2.61. The summed E-state index contributed by atoms with van der Waals surface area (Å²) in [5.74, 6) is -0.0877. The van der Waals surface area contributed by atoms with Crippen molar-refractivity contribution < 1.29 is 9.53 Å². The van der Waals surface area contributed by atoms with Crippen LogP contribution in [-0.4, -0.2) is 17.1 Å². The molecule has 1 N–H and O–H groups in total. The van der Waals surface area contributed by atoms with E-state index in [4.69, 9.17) is 4.74 Å². The van der Waals surface area contributed by atoms with Gasteiger partial charge in [0.1, 0.15) is 0 Å². The molecule has 3 rings (SSSR count). The zero-order valence-corrected chi connectivity index (χ0v) is 7.49. The third kappa shape index (κ3) is 1.09. The SMILES string of the molecule is O=C1OC1Cc1c[nH]c2ccccc12. The number of rotatable bonds is 2. The Labute approximate surface area is 80.7 Å². The molecule has 1 unspecified atom stereocenters. The maximum absolute atomic E-state index is 10.7. The number of hydrogen-bond donors (Lipinski definition) is 1. The van der Waals surface area contributed by atoms with Crippen molar-refractivity contribution in [1.29, 1.82) is 0 Å². The van der Waals surface area contributed by atoms with Crippen molar-refractivity contribution in [2.24, 2.45) is 0 Å². The minimum absolute atomic E-state index is 0.0877. The predicted molar refractivity (Wildman–Crippen MR) is 51.9 cm³/mol. The number of carbonyl (C=O) groups is 1. The van der Waals surface area contributed by atoms with Crippen LogP contribution in [0.5, 0.6) is 0 Å². The van der Waals surface area contributed by atoms with Crippen LogP contribution in [0.2, 0.25) is 0 Å². The first-order valence-electron chi connectivity index (χ1n) is 4.60. The second-order valence-electron chi connectivity index (χ2n) is 3.49. The van der Waals surface area contributed by atoms with Crippen molar-refractivity contribution in [2.45, 2.75) is 12.5 Å². The number of aromatic nitrogens is 1. The molecular weight excluding hydrogens is 178 g/mol. The van der Waals surface area contributed by atoms with E-state index < -0.39 is 0 Å². The van der Waals surface area contributed by atoms with Gasteiger partial charge >= 0.3 is 5.97 Å². The van der Waals surface area contributed by atoms with Crippen LogP contribution in [0.1, 0.15) is 5.56 Å². The molecule has 1 aliphatic heterocycles. The first-order chi connectivity index (χ1) is 6.84. The average Bonchev–Trinajstić information content (AvgIpc) is 2.75. The van der Waals surface area contributed by atoms with Gasteiger partial charge in [0.05, 0.1) is 0 Å². The zero-order chi connectivity index (χ0) is 9.54. The van der Waals surface area contributed by atoms with E-state index in [0.29, 0.717) is 6.42 Å². The molecule has 1 aromatic carbocycles. The van der Waals surface area contributed by atoms with Crippen molar-refractivity contribution in [3.63, 3.8) is 0 Å². The van der Waals surface area contributed by atoms with Gasteiger partial charge in [-0.2, -0.15) is 0 Å². The largest absolute Gasteiger partial charge is 0.447 e. The summed E-state index contributed by atoms with van der Waals surface area (Å²) < 4.78 is 4.79. The van der Waals surface area contributed by atoms with Crippen LogP contribution in [0.15, 0.2) is 30.5 Å². The highest BCUT2D eigenvalue weighted by Crippen LogP contribution is 2.24. The molecule has 14 heavy (non-hydrogen) atoms. The van der Waals surface area contributed by atoms with E-state index in [1.165, 1.54) is 5.39 Å². The van der Waals surface area contributed by atoms with Gasteiger partial charge in [-0.15, -0.1) is 0 Å². The van der Waals surface area contributed by atoms with Crippen LogP contribution in [0.25, 0.3) is 10.9 Å². The molecule has 0 aliphatic carbocycles. The van der Waals surface area contributed by atoms with E-state index in [-0.39, 0.29) is 12.1 Å². The zero-order valence-electron chi connectivity index (χ0n) is 7.49. The molecule has 0 radical (unpaired) electrons. The summed E-state index contributed by atoms with van der Waals surface area (Å²) in [5.41, 5.74) is 2.26. The number of benzene rings is 1. The van der Waals surface area contributed by atoms with Crippen molar-refractivity contribution in [2.75, 3.05) is 0 Å². The summed E-state index contributed by atoms with van der Waals surface area (Å²) in [6, 6.07) is 8.05. The van der Waals surface area contributed by atoms with Crippen molar-refractivity contribution in [1.82, 2.24) is 4.98 Å². The van der Waals surface area contributed by atoms with Gasteiger partial charge in [0, 0.05) is 23.5 Å². The number of cyclic esters (lactones) is 1. The Hall–Kier alpha value is -1.77. The molecular formula is C11H9NO2. The number of ether oxygens (including phenoxy) is 1. The van der Waals surface area contributed by atoms with Crippen molar-refractivity contribution in [3.05, 3.63) is 36.0 Å². The number of para-hydroxylation sites is 1. The van der Waals surface area contributed by atoms with Crippen LogP contribution < -0.4 is 0 Å². The molecule has 1 fully saturated rings. The topological polar surface area (TPSA) is 45.4 Å². The summed E-state index contributed by atoms with van der Waals surface area (Å²) >= 11 is 0. The Morgan fingerprint density at radius 3 is 2.93 bits per heavy atom. The Morgan fingerprint density at radius 2 is 2.14 bits per heavy atom. The van der Waals surface area contributed by atoms with E-state index in [9.17, 15) is 4.79 Å². The van der Waals surface area contributed by atoms with Crippen LogP contribution in [0, 0.1) is 0 Å². The average molecular weight is 187 g/mol. The third-order valence-corrected chi connectivity index (χ3v) is 2.54. The lowest BCUT2D eigenvalue weighted by Crippen LogP contribution is -1.92. The highest BCUT2D eigenvalue weighted by molar-refractivity contribution is 5.89. The van der Waals surface area contributed by atoms with Crippen LogP contribution in [0.4, 0.5) is 0 Å². The molecule has 1 saturated heterocycles. The molecule has 2 heterocycles. The lowest BCUT2D eigenvalue weighted by atomic mass is 10.1. The van der Waals surface area contributed by atoms with Gasteiger partial charge in [-0.25, -0.2) is 4.79 Å². The van der Waals surface area contributed by atoms with E-state index in [1.807, 2.05) is 30.5 Å². The number of nitrogens with one attached hydrogen (secondary N) is 1. The maximum atomic E-state index is 10.7. The van der Waals surface area contributed by atoms with E-state index in [0.717, 1.165) is 11.1 Å². The molecule has 1 aliphatic rings. The lowest BCUT2D eigenvalue weighted by Gasteiger charge is -1.92. The van der Waals surface area contributed by atoms with Gasteiger partial charge in [-0.05, 0) is 11.6 Å². The molecule has 3 nitrogen and oxygen atoms in total. The number of carbonyl (C=O) groups excluding carboxylic acids is 1. The predicted octanol–water partition coefficient (Wildman–Crippen LogP) is 1.64. The molecule has 0 amide bonds. The van der Waals surface area contributed by atoms with Gasteiger partial charge < -0.3 is 9.72 Å². The Morgan fingerprint density at radius 1 is 1.36 bits per heavy atom. The monoisotopic (exact) mass is 187 g/mol. The summed E-state index contributed by atoms with van der Waals surface area (Å²) in [5, 5.41) is 1.18. The highest BCUT2D eigenvalue weighted by atomic mass is 16.6. The van der Waals surface area contributed by atoms with Crippen LogP contribution >= 0.6 is 0 Å². The minimum Gasteiger partial charge on any atom is -0.447 e. The smallest absolute Gasteiger partial charge is 0.348 e. The molecule has 1 aromatic heterocycles. The number of fused-ring (bicyclic) bond motifs is 1. The quantitative estimate of drug-likeness (QED) is 0.726. The molecule has 0 saturated carbocycles. The van der Waals surface area contributed by atoms with E-state index in [1.54, 1.807) is 0 Å². The lowest BCUT2D eigenvalue weighted by molar-refractivity contribution is -0.117. The fourth-order valence-electron chi connectivity index (χ4n) is 1.73. The second-order valence-corrected chi connectivity index (χ2v) is 3.49. The highest BCUT2D eigenvalue weighted by Gasteiger charge is 2.38. The number of aromatic amines is 1. The van der Waals surface area contributed by atoms with Gasteiger partial charge in [0.15, 0.2) is 0 Å². The maximum Gasteiger partial charge on any atom is 0.348 e. The molecule has 2 aromatic rings. The van der Waals surface area contributed by atoms with Gasteiger partial charge in [0.25, 0.3) is 0 Å². The number of H-pyrrole nitrogens is 1. The van der Waals surface area contributed by atoms with Gasteiger partial charge in [0.2, 0.25) is 6.10 Å². The minimum atomic E-state index is -0.200. The van der Waals surface area contributed by atoms with Crippen LogP contribution in [0.3, 0.4) is 0 Å². The normalized spacial score (nSPS) is 19.7.